The molecule has 0 bridgehead atoms. The fourth-order valence-corrected chi connectivity index (χ4v) is 2.87. The minimum absolute atomic E-state index is 0.317. The Morgan fingerprint density at radius 3 is 2.43 bits per heavy atom. The van der Waals surface area contributed by atoms with E-state index in [1.165, 1.54) is 24.7 Å². The fraction of sp³-hybridized carbons (Fsp3) is 0.211. The second kappa shape index (κ2) is 7.58. The van der Waals surface area contributed by atoms with E-state index in [0.29, 0.717) is 23.0 Å². The molecule has 154 valence electrons. The second-order valence-corrected chi connectivity index (χ2v) is 6.66. The maximum absolute atomic E-state index is 11.9. The molecule has 8 nitrogen and oxygen atoms in total. The van der Waals surface area contributed by atoms with E-state index in [1.54, 1.807) is 10.6 Å². The molecule has 0 amide bonds. The Morgan fingerprint density at radius 2 is 1.83 bits per heavy atom. The van der Waals surface area contributed by atoms with Crippen LogP contribution >= 0.6 is 0 Å². The van der Waals surface area contributed by atoms with E-state index in [4.69, 9.17) is 0 Å². The van der Waals surface area contributed by atoms with Crippen LogP contribution in [0.5, 0.6) is 0 Å². The van der Waals surface area contributed by atoms with Crippen molar-refractivity contribution in [1.29, 1.82) is 0 Å². The van der Waals surface area contributed by atoms with Crippen molar-refractivity contribution >= 4 is 5.78 Å². The molecule has 0 unspecified atom stereocenters. The van der Waals surface area contributed by atoms with Crippen molar-refractivity contribution < 1.29 is 13.2 Å². The third-order valence-electron chi connectivity index (χ3n) is 4.47. The van der Waals surface area contributed by atoms with Crippen molar-refractivity contribution in [3.63, 3.8) is 0 Å². The highest BCUT2D eigenvalue weighted by Crippen LogP contribution is 2.40. The lowest BCUT2D eigenvalue weighted by Gasteiger charge is -2.05. The molecular formula is C19H15F3N6O2. The number of nitrogens with zero attached hydrogens (tertiary/aromatic N) is 4. The number of halogens is 3. The highest BCUT2D eigenvalue weighted by Gasteiger charge is 2.29. The zero-order valence-corrected chi connectivity index (χ0v) is 15.3. The van der Waals surface area contributed by atoms with Crippen LogP contribution in [0.3, 0.4) is 0 Å². The summed E-state index contributed by atoms with van der Waals surface area (Å²) in [5.41, 5.74) is 0.196. The Morgan fingerprint density at radius 1 is 1.10 bits per heavy atom. The first kappa shape index (κ1) is 19.6. The van der Waals surface area contributed by atoms with Crippen molar-refractivity contribution in [1.82, 2.24) is 29.5 Å². The lowest BCUT2D eigenvalue weighted by atomic mass is 10.2. The molecule has 1 aliphatic rings. The van der Waals surface area contributed by atoms with Gasteiger partial charge in [-0.1, -0.05) is 30.3 Å². The molecule has 1 aromatic carbocycles. The molecule has 0 atom stereocenters. The maximum atomic E-state index is 11.9. The van der Waals surface area contributed by atoms with Crippen LogP contribution in [0.15, 0.2) is 58.5 Å². The Hall–Kier alpha value is -3.76. The fourth-order valence-electron chi connectivity index (χ4n) is 2.87. The van der Waals surface area contributed by atoms with Gasteiger partial charge < -0.3 is 4.98 Å². The van der Waals surface area contributed by atoms with Crippen molar-refractivity contribution in [2.75, 3.05) is 0 Å². The van der Waals surface area contributed by atoms with E-state index in [-0.39, 0.29) is 0 Å². The summed E-state index contributed by atoms with van der Waals surface area (Å²) in [6.45, 7) is 0. The van der Waals surface area contributed by atoms with Gasteiger partial charge in [0.05, 0.1) is 22.5 Å². The Balaban J connectivity index is 0.000000185. The van der Waals surface area contributed by atoms with Crippen LogP contribution in [0.25, 0.3) is 17.0 Å². The summed E-state index contributed by atoms with van der Waals surface area (Å²) in [6, 6.07) is 8.20. The molecule has 4 aromatic rings. The number of hydrogen-bond acceptors (Lipinski definition) is 5. The van der Waals surface area contributed by atoms with Crippen molar-refractivity contribution in [3.05, 3.63) is 81.0 Å². The van der Waals surface area contributed by atoms with Crippen molar-refractivity contribution in [2.24, 2.45) is 0 Å². The van der Waals surface area contributed by atoms with Crippen LogP contribution in [0.4, 0.5) is 13.2 Å². The topological polar surface area (TPSA) is 109 Å². The number of benzene rings is 1. The maximum Gasteiger partial charge on any atom is 0.416 e. The number of aromatic nitrogens is 6. The van der Waals surface area contributed by atoms with E-state index < -0.39 is 23.0 Å². The van der Waals surface area contributed by atoms with Gasteiger partial charge in [-0.3, -0.25) is 9.78 Å². The monoisotopic (exact) mass is 416 g/mol. The summed E-state index contributed by atoms with van der Waals surface area (Å²) in [5, 5.41) is 4.15. The first-order chi connectivity index (χ1) is 14.3. The molecule has 30 heavy (non-hydrogen) atoms. The summed E-state index contributed by atoms with van der Waals surface area (Å²) >= 11 is 0. The summed E-state index contributed by atoms with van der Waals surface area (Å²) in [5.74, 6) is 0.887. The molecule has 0 spiro atoms. The number of alkyl halides is 3. The van der Waals surface area contributed by atoms with Crippen LogP contribution in [0.1, 0.15) is 30.0 Å². The Labute approximate surface area is 166 Å². The Kier molecular flexibility index (Phi) is 4.94. The van der Waals surface area contributed by atoms with Crippen LogP contribution in [0.2, 0.25) is 0 Å². The molecular weight excluding hydrogens is 401 g/mol. The largest absolute Gasteiger partial charge is 0.416 e. The summed E-state index contributed by atoms with van der Waals surface area (Å²) in [6.07, 6.45) is 0.796. The molecule has 1 fully saturated rings. The third-order valence-corrected chi connectivity index (χ3v) is 4.47. The van der Waals surface area contributed by atoms with E-state index in [0.717, 1.165) is 30.7 Å². The molecule has 3 aromatic heterocycles. The predicted octanol–water partition coefficient (Wildman–Crippen LogP) is 2.75. The van der Waals surface area contributed by atoms with Gasteiger partial charge in [0.2, 0.25) is 0 Å². The lowest BCUT2D eigenvalue weighted by molar-refractivity contribution is -0.137. The third kappa shape index (κ3) is 4.14. The van der Waals surface area contributed by atoms with Gasteiger partial charge in [-0.2, -0.15) is 23.3 Å². The van der Waals surface area contributed by atoms with Gasteiger partial charge in [0.25, 0.3) is 11.3 Å². The average molecular weight is 416 g/mol. The predicted molar refractivity (Wildman–Crippen MR) is 101 cm³/mol. The summed E-state index contributed by atoms with van der Waals surface area (Å²) in [7, 11) is 0. The zero-order valence-electron chi connectivity index (χ0n) is 15.3. The molecule has 5 rings (SSSR count). The van der Waals surface area contributed by atoms with E-state index in [1.807, 2.05) is 6.07 Å². The van der Waals surface area contributed by atoms with Gasteiger partial charge >= 0.3 is 11.9 Å². The van der Waals surface area contributed by atoms with Gasteiger partial charge in [0.1, 0.15) is 6.33 Å². The second-order valence-electron chi connectivity index (χ2n) is 6.66. The van der Waals surface area contributed by atoms with Gasteiger partial charge in [-0.25, -0.2) is 14.3 Å². The number of hydrogen-bond donors (Lipinski definition) is 2. The number of aromatic amines is 2. The molecule has 3 heterocycles. The van der Waals surface area contributed by atoms with Crippen LogP contribution in [0, 0.1) is 0 Å². The zero-order chi connectivity index (χ0) is 21.3. The van der Waals surface area contributed by atoms with Crippen LogP contribution in [-0.2, 0) is 6.18 Å². The van der Waals surface area contributed by atoms with Crippen molar-refractivity contribution in [3.8, 4) is 11.3 Å². The first-order valence-electron chi connectivity index (χ1n) is 8.98. The highest BCUT2D eigenvalue weighted by molar-refractivity contribution is 5.59. The van der Waals surface area contributed by atoms with Crippen molar-refractivity contribution in [2.45, 2.75) is 24.9 Å². The van der Waals surface area contributed by atoms with Gasteiger partial charge in [0.15, 0.2) is 0 Å². The molecule has 0 saturated heterocycles. The van der Waals surface area contributed by atoms with Gasteiger partial charge in [-0.15, -0.1) is 0 Å². The van der Waals surface area contributed by atoms with E-state index in [2.05, 4.69) is 25.0 Å². The SMILES string of the molecule is FC(F)(F)c1ccccc1.O=c1[nH]cc(-c2cc(C3CC3)n3ncnc3n2)c(=O)[nH]1. The normalized spacial score (nSPS) is 13.7. The van der Waals surface area contributed by atoms with E-state index >= 15 is 0 Å². The molecule has 11 heteroatoms. The van der Waals surface area contributed by atoms with Gasteiger partial charge in [0, 0.05) is 12.1 Å². The number of rotatable bonds is 2. The molecule has 2 N–H and O–H groups in total. The highest BCUT2D eigenvalue weighted by atomic mass is 19.4. The molecule has 1 saturated carbocycles. The smallest absolute Gasteiger partial charge is 0.313 e. The van der Waals surface area contributed by atoms with E-state index in [9.17, 15) is 22.8 Å². The average Bonchev–Trinajstić information content (AvgIpc) is 3.45. The lowest BCUT2D eigenvalue weighted by Crippen LogP contribution is -2.23. The number of H-pyrrole nitrogens is 2. The summed E-state index contributed by atoms with van der Waals surface area (Å²) < 4.78 is 37.1. The van der Waals surface area contributed by atoms with Crippen LogP contribution in [-0.4, -0.2) is 29.5 Å². The minimum Gasteiger partial charge on any atom is -0.313 e. The van der Waals surface area contributed by atoms with Crippen LogP contribution < -0.4 is 11.2 Å². The molecule has 0 radical (unpaired) electrons. The minimum atomic E-state index is -4.21. The number of fused-ring (bicyclic) bond motifs is 1. The quantitative estimate of drug-likeness (QED) is 0.522. The standard InChI is InChI=1S/C12H10N6O2.C7H5F3/c19-10-7(4-13-12(20)17-10)8-3-9(6-1-2-6)18-11(16-8)14-5-15-18;8-7(9,10)6-4-2-1-3-5-6/h3-6H,1-2H2,(H2,13,17,19,20);1-5H. The summed E-state index contributed by atoms with van der Waals surface area (Å²) in [4.78, 5) is 36.0. The molecule has 1 aliphatic carbocycles. The Bertz CT molecular complexity index is 1290. The van der Waals surface area contributed by atoms with Gasteiger partial charge in [-0.05, 0) is 18.9 Å². The number of nitrogens with one attached hydrogen (secondary N) is 2. The first-order valence-corrected chi connectivity index (χ1v) is 8.98. The molecule has 0 aliphatic heterocycles.